The van der Waals surface area contributed by atoms with Crippen LogP contribution in [0.3, 0.4) is 0 Å². The molecule has 2 nitrogen and oxygen atoms in total. The van der Waals surface area contributed by atoms with Gasteiger partial charge in [0.2, 0.25) is 0 Å². The van der Waals surface area contributed by atoms with Gasteiger partial charge in [0.05, 0.1) is 10.5 Å². The first-order valence-electron chi connectivity index (χ1n) is 7.89. The van der Waals surface area contributed by atoms with E-state index in [1.54, 1.807) is 20.8 Å². The number of unbranched alkanes of at least 4 members (excludes halogenated alkanes) is 2. The maximum absolute atomic E-state index is 12.3. The van der Waals surface area contributed by atoms with Crippen molar-refractivity contribution < 1.29 is 8.42 Å². The van der Waals surface area contributed by atoms with Crippen LogP contribution >= 0.6 is 0 Å². The number of sulfone groups is 1. The first kappa shape index (κ1) is 19.9. The molecule has 0 aliphatic rings. The van der Waals surface area contributed by atoms with Crippen LogP contribution in [0.4, 0.5) is 0 Å². The Morgan fingerprint density at radius 2 is 1.15 bits per heavy atom. The summed E-state index contributed by atoms with van der Waals surface area (Å²) in [7, 11) is -3.02. The summed E-state index contributed by atoms with van der Waals surface area (Å²) in [5.74, 6) is 0.294. The van der Waals surface area contributed by atoms with Gasteiger partial charge < -0.3 is 0 Å². The highest BCUT2D eigenvalue weighted by Gasteiger charge is 2.34. The van der Waals surface area contributed by atoms with Gasteiger partial charge in [0.15, 0.2) is 9.84 Å². The lowest BCUT2D eigenvalue weighted by Gasteiger charge is -2.29. The van der Waals surface area contributed by atoms with Crippen molar-refractivity contribution in [1.29, 1.82) is 0 Å². The summed E-state index contributed by atoms with van der Waals surface area (Å²) in [5.41, 5.74) is 0.291. The quantitative estimate of drug-likeness (QED) is 0.604. The Hall–Kier alpha value is -0.0500. The van der Waals surface area contributed by atoms with Gasteiger partial charge in [-0.2, -0.15) is 0 Å². The van der Waals surface area contributed by atoms with E-state index in [4.69, 9.17) is 0 Å². The van der Waals surface area contributed by atoms with Crippen molar-refractivity contribution in [3.05, 3.63) is 0 Å². The fourth-order valence-corrected chi connectivity index (χ4v) is 3.84. The van der Waals surface area contributed by atoms with E-state index < -0.39 is 14.6 Å². The Bertz CT molecular complexity index is 378. The third kappa shape index (κ3) is 8.28. The molecule has 0 saturated heterocycles. The number of hydrogen-bond donors (Lipinski definition) is 0. The fourth-order valence-electron chi connectivity index (χ4n) is 2.24. The van der Waals surface area contributed by atoms with Crippen molar-refractivity contribution in [2.75, 3.05) is 5.75 Å². The van der Waals surface area contributed by atoms with Gasteiger partial charge in [-0.25, -0.2) is 8.42 Å². The lowest BCUT2D eigenvalue weighted by Crippen LogP contribution is -2.36. The van der Waals surface area contributed by atoms with Crippen molar-refractivity contribution in [2.45, 2.75) is 92.2 Å². The third-order valence-electron chi connectivity index (χ3n) is 3.79. The van der Waals surface area contributed by atoms with Crippen LogP contribution < -0.4 is 0 Å². The molecule has 0 aliphatic carbocycles. The molecule has 0 heterocycles. The van der Waals surface area contributed by atoms with Gasteiger partial charge in [0.1, 0.15) is 0 Å². The van der Waals surface area contributed by atoms with E-state index in [2.05, 4.69) is 34.6 Å². The van der Waals surface area contributed by atoms with Gasteiger partial charge >= 0.3 is 0 Å². The van der Waals surface area contributed by atoms with E-state index in [1.807, 2.05) is 0 Å². The maximum atomic E-state index is 12.3. The van der Waals surface area contributed by atoms with Gasteiger partial charge in [-0.05, 0) is 44.4 Å². The van der Waals surface area contributed by atoms with Crippen LogP contribution in [-0.4, -0.2) is 18.9 Å². The van der Waals surface area contributed by atoms with Crippen molar-refractivity contribution in [2.24, 2.45) is 10.8 Å². The molecule has 0 radical (unpaired) electrons. The molecule has 0 aromatic carbocycles. The topological polar surface area (TPSA) is 34.1 Å². The Kier molecular flexibility index (Phi) is 6.79. The van der Waals surface area contributed by atoms with Crippen LogP contribution in [0.2, 0.25) is 0 Å². The molecule has 0 saturated carbocycles. The second-order valence-electron chi connectivity index (χ2n) is 9.16. The molecule has 3 heteroatoms. The number of rotatable bonds is 7. The Balaban J connectivity index is 4.22. The summed E-state index contributed by atoms with van der Waals surface area (Å²) >= 11 is 0. The molecular formula is C17H36O2S. The fraction of sp³-hybridized carbons (Fsp3) is 1.00. The Morgan fingerprint density at radius 1 is 0.700 bits per heavy atom. The second kappa shape index (κ2) is 6.81. The van der Waals surface area contributed by atoms with Crippen LogP contribution in [0, 0.1) is 10.8 Å². The third-order valence-corrected chi connectivity index (χ3v) is 6.82. The van der Waals surface area contributed by atoms with Gasteiger partial charge in [-0.15, -0.1) is 0 Å². The lowest BCUT2D eigenvalue weighted by molar-refractivity contribution is 0.329. The zero-order valence-corrected chi connectivity index (χ0v) is 15.8. The predicted molar refractivity (Wildman–Crippen MR) is 89.9 cm³/mol. The van der Waals surface area contributed by atoms with Crippen LogP contribution in [0.15, 0.2) is 0 Å². The largest absolute Gasteiger partial charge is 0.228 e. The van der Waals surface area contributed by atoms with Gasteiger partial charge in [0.25, 0.3) is 0 Å². The maximum Gasteiger partial charge on any atom is 0.155 e. The first-order valence-corrected chi connectivity index (χ1v) is 9.54. The SMILES string of the molecule is CC(C)(C)CCCCCC(C)(C)CS(=O)(=O)C(C)(C)C. The van der Waals surface area contributed by atoms with Crippen LogP contribution in [0.25, 0.3) is 0 Å². The standard InChI is InChI=1S/C17H36O2S/c1-15(2,3)12-10-9-11-13-17(7,8)14-20(18,19)16(4,5)6/h9-14H2,1-8H3. The average molecular weight is 305 g/mol. The molecule has 0 spiro atoms. The van der Waals surface area contributed by atoms with Crippen molar-refractivity contribution in [3.63, 3.8) is 0 Å². The highest BCUT2D eigenvalue weighted by atomic mass is 32.2. The molecule has 122 valence electrons. The smallest absolute Gasteiger partial charge is 0.155 e. The van der Waals surface area contributed by atoms with E-state index in [9.17, 15) is 8.42 Å². The Labute approximate surface area is 127 Å². The molecule has 0 unspecified atom stereocenters. The highest BCUT2D eigenvalue weighted by Crippen LogP contribution is 2.31. The van der Waals surface area contributed by atoms with Crippen molar-refractivity contribution in [3.8, 4) is 0 Å². The molecule has 0 aliphatic heterocycles. The molecule has 0 aromatic heterocycles. The summed E-state index contributed by atoms with van der Waals surface area (Å²) in [6.45, 7) is 16.4. The number of hydrogen-bond acceptors (Lipinski definition) is 2. The normalized spacial score (nSPS) is 14.6. The minimum Gasteiger partial charge on any atom is -0.228 e. The molecule has 0 N–H and O–H groups in total. The van der Waals surface area contributed by atoms with Crippen molar-refractivity contribution in [1.82, 2.24) is 0 Å². The van der Waals surface area contributed by atoms with Gasteiger partial charge in [-0.3, -0.25) is 0 Å². The molecule has 0 atom stereocenters. The minimum absolute atomic E-state index is 0.117. The highest BCUT2D eigenvalue weighted by molar-refractivity contribution is 7.92. The zero-order chi connectivity index (χ0) is 16.2. The van der Waals surface area contributed by atoms with Gasteiger partial charge in [0, 0.05) is 0 Å². The van der Waals surface area contributed by atoms with Crippen molar-refractivity contribution >= 4 is 9.84 Å². The van der Waals surface area contributed by atoms with E-state index in [0.29, 0.717) is 11.2 Å². The summed E-state index contributed by atoms with van der Waals surface area (Å²) in [6.07, 6.45) is 5.81. The summed E-state index contributed by atoms with van der Waals surface area (Å²) in [6, 6.07) is 0. The van der Waals surface area contributed by atoms with E-state index in [1.165, 1.54) is 19.3 Å². The first-order chi connectivity index (χ1) is 8.66. The molecule has 0 bridgehead atoms. The lowest BCUT2D eigenvalue weighted by atomic mass is 9.86. The summed E-state index contributed by atoms with van der Waals surface area (Å²) in [5, 5.41) is 0. The molecule has 0 amide bonds. The van der Waals surface area contributed by atoms with Crippen LogP contribution in [-0.2, 0) is 9.84 Å². The molecule has 0 rings (SSSR count). The van der Waals surface area contributed by atoms with Crippen LogP contribution in [0.1, 0.15) is 87.5 Å². The average Bonchev–Trinajstić information content (AvgIpc) is 2.10. The molecule has 0 aromatic rings. The summed E-state index contributed by atoms with van der Waals surface area (Å²) in [4.78, 5) is 0. The molecule has 0 fully saturated rings. The Morgan fingerprint density at radius 3 is 1.55 bits per heavy atom. The van der Waals surface area contributed by atoms with E-state index in [0.717, 1.165) is 12.8 Å². The van der Waals surface area contributed by atoms with Crippen LogP contribution in [0.5, 0.6) is 0 Å². The van der Waals surface area contributed by atoms with Gasteiger partial charge in [-0.1, -0.05) is 53.9 Å². The zero-order valence-electron chi connectivity index (χ0n) is 15.0. The summed E-state index contributed by atoms with van der Waals surface area (Å²) < 4.78 is 23.9. The molecular weight excluding hydrogens is 268 g/mol. The predicted octanol–water partition coefficient (Wildman–Crippen LogP) is 5.22. The van der Waals surface area contributed by atoms with E-state index in [-0.39, 0.29) is 5.41 Å². The van der Waals surface area contributed by atoms with E-state index >= 15 is 0 Å². The minimum atomic E-state index is -3.02. The second-order valence-corrected chi connectivity index (χ2v) is 11.9. The monoisotopic (exact) mass is 304 g/mol. The molecule has 20 heavy (non-hydrogen) atoms.